The van der Waals surface area contributed by atoms with Gasteiger partial charge in [0.25, 0.3) is 0 Å². The van der Waals surface area contributed by atoms with E-state index < -0.39 is 0 Å². The Hall–Kier alpha value is -2.08. The zero-order chi connectivity index (χ0) is 19.7. The maximum Gasteiger partial charge on any atom is 0.227 e. The first-order valence-corrected chi connectivity index (χ1v) is 10.5. The third kappa shape index (κ3) is 3.75. The summed E-state index contributed by atoms with van der Waals surface area (Å²) in [7, 11) is 1.65. The number of nitrogens with two attached hydrogens (primary N) is 1. The van der Waals surface area contributed by atoms with E-state index in [1.54, 1.807) is 7.11 Å². The van der Waals surface area contributed by atoms with Crippen molar-refractivity contribution in [3.63, 3.8) is 0 Å². The van der Waals surface area contributed by atoms with Crippen molar-refractivity contribution in [2.24, 2.45) is 23.5 Å². The molecule has 6 nitrogen and oxygen atoms in total. The number of nitrogens with zero attached hydrogens (tertiary/aromatic N) is 2. The Bertz CT molecular complexity index is 710. The second-order valence-corrected chi connectivity index (χ2v) is 8.49. The molecule has 28 heavy (non-hydrogen) atoms. The summed E-state index contributed by atoms with van der Waals surface area (Å²) in [5.74, 6) is 2.25. The Balaban J connectivity index is 1.24. The third-order valence-electron chi connectivity index (χ3n) is 7.00. The van der Waals surface area contributed by atoms with Crippen LogP contribution in [0.3, 0.4) is 0 Å². The molecule has 1 aliphatic heterocycles. The fourth-order valence-corrected chi connectivity index (χ4v) is 5.29. The first-order valence-electron chi connectivity index (χ1n) is 10.5. The molecule has 0 radical (unpaired) electrons. The number of ether oxygens (including phenoxy) is 1. The van der Waals surface area contributed by atoms with Crippen LogP contribution >= 0.6 is 0 Å². The van der Waals surface area contributed by atoms with Crippen LogP contribution in [-0.2, 0) is 16.0 Å². The molecule has 1 heterocycles. The summed E-state index contributed by atoms with van der Waals surface area (Å²) < 4.78 is 5.16. The van der Waals surface area contributed by atoms with E-state index in [0.29, 0.717) is 44.4 Å². The zero-order valence-electron chi connectivity index (χ0n) is 16.7. The van der Waals surface area contributed by atoms with Crippen molar-refractivity contribution in [1.82, 2.24) is 9.80 Å². The van der Waals surface area contributed by atoms with Gasteiger partial charge in [-0.2, -0.15) is 0 Å². The molecule has 0 spiro atoms. The number of aryl methyl sites for hydroxylation is 1. The molecule has 2 amide bonds. The normalized spacial score (nSPS) is 29.2. The molecule has 3 aliphatic rings. The molecule has 2 bridgehead atoms. The third-order valence-corrected chi connectivity index (χ3v) is 7.00. The summed E-state index contributed by atoms with van der Waals surface area (Å²) >= 11 is 0. The minimum absolute atomic E-state index is 0.0103. The molecule has 0 aromatic heterocycles. The number of hydrogen-bond acceptors (Lipinski definition) is 4. The van der Waals surface area contributed by atoms with Gasteiger partial charge in [-0.05, 0) is 55.2 Å². The van der Waals surface area contributed by atoms with Gasteiger partial charge in [0.15, 0.2) is 0 Å². The first kappa shape index (κ1) is 19.2. The summed E-state index contributed by atoms with van der Waals surface area (Å²) in [5, 5.41) is 0. The molecule has 3 fully saturated rings. The van der Waals surface area contributed by atoms with E-state index in [0.717, 1.165) is 30.6 Å². The van der Waals surface area contributed by atoms with Crippen molar-refractivity contribution in [2.75, 3.05) is 33.3 Å². The Labute approximate surface area is 167 Å². The predicted octanol–water partition coefficient (Wildman–Crippen LogP) is 1.67. The quantitative estimate of drug-likeness (QED) is 0.837. The molecule has 4 rings (SSSR count). The number of fused-ring (bicyclic) bond motifs is 2. The summed E-state index contributed by atoms with van der Waals surface area (Å²) in [6.45, 7) is 2.52. The van der Waals surface area contributed by atoms with Crippen LogP contribution in [-0.4, -0.2) is 60.9 Å². The lowest BCUT2D eigenvalue weighted by atomic mass is 9.84. The van der Waals surface area contributed by atoms with Gasteiger partial charge in [0.05, 0.1) is 13.0 Å². The van der Waals surface area contributed by atoms with Gasteiger partial charge in [0, 0.05) is 38.6 Å². The van der Waals surface area contributed by atoms with Gasteiger partial charge in [-0.15, -0.1) is 0 Å². The van der Waals surface area contributed by atoms with Crippen molar-refractivity contribution in [3.05, 3.63) is 29.8 Å². The second-order valence-electron chi connectivity index (χ2n) is 8.49. The van der Waals surface area contributed by atoms with Crippen LogP contribution in [0, 0.1) is 17.8 Å². The van der Waals surface area contributed by atoms with Gasteiger partial charge in [0.2, 0.25) is 11.8 Å². The van der Waals surface area contributed by atoms with Gasteiger partial charge in [-0.1, -0.05) is 12.1 Å². The summed E-state index contributed by atoms with van der Waals surface area (Å²) in [6, 6.07) is 7.88. The molecule has 1 saturated heterocycles. The topological polar surface area (TPSA) is 75.9 Å². The van der Waals surface area contributed by atoms with Gasteiger partial charge in [-0.25, -0.2) is 0 Å². The van der Waals surface area contributed by atoms with Crippen LogP contribution in [0.1, 0.15) is 31.2 Å². The fourth-order valence-electron chi connectivity index (χ4n) is 5.29. The van der Waals surface area contributed by atoms with E-state index in [4.69, 9.17) is 10.5 Å². The van der Waals surface area contributed by atoms with E-state index in [2.05, 4.69) is 0 Å². The Morgan fingerprint density at radius 3 is 2.29 bits per heavy atom. The van der Waals surface area contributed by atoms with Crippen molar-refractivity contribution in [3.8, 4) is 5.75 Å². The number of methoxy groups -OCH3 is 1. The SMILES string of the molecule is COc1ccc(CCC(=O)N2CCN(C(=O)C3C4CCC(C4)C3N)CC2)cc1. The molecular weight excluding hydrogens is 354 g/mol. The number of benzene rings is 1. The molecule has 6 heteroatoms. The Kier molecular flexibility index (Phi) is 5.58. The van der Waals surface area contributed by atoms with Gasteiger partial charge >= 0.3 is 0 Å². The van der Waals surface area contributed by atoms with Crippen molar-refractivity contribution in [2.45, 2.75) is 38.1 Å². The Morgan fingerprint density at radius 2 is 1.68 bits per heavy atom. The summed E-state index contributed by atoms with van der Waals surface area (Å²) in [6.07, 6.45) is 4.69. The van der Waals surface area contributed by atoms with Gasteiger partial charge in [-0.3, -0.25) is 9.59 Å². The molecule has 2 N–H and O–H groups in total. The lowest BCUT2D eigenvalue weighted by Crippen LogP contribution is -2.54. The lowest BCUT2D eigenvalue weighted by Gasteiger charge is -2.38. The molecule has 4 unspecified atom stereocenters. The second kappa shape index (κ2) is 8.11. The molecular formula is C22H31N3O3. The van der Waals surface area contributed by atoms with E-state index in [1.165, 1.54) is 6.42 Å². The number of carbonyl (C=O) groups excluding carboxylic acids is 2. The van der Waals surface area contributed by atoms with Crippen LogP contribution < -0.4 is 10.5 Å². The van der Waals surface area contributed by atoms with E-state index in [-0.39, 0.29) is 23.8 Å². The van der Waals surface area contributed by atoms with E-state index >= 15 is 0 Å². The van der Waals surface area contributed by atoms with Crippen molar-refractivity contribution < 1.29 is 14.3 Å². The number of carbonyl (C=O) groups is 2. The largest absolute Gasteiger partial charge is 0.497 e. The average molecular weight is 386 g/mol. The monoisotopic (exact) mass is 385 g/mol. The maximum atomic E-state index is 13.0. The zero-order valence-corrected chi connectivity index (χ0v) is 16.7. The first-order chi connectivity index (χ1) is 13.6. The van der Waals surface area contributed by atoms with Gasteiger partial charge < -0.3 is 20.3 Å². The smallest absolute Gasteiger partial charge is 0.227 e. The van der Waals surface area contributed by atoms with Crippen LogP contribution in [0.25, 0.3) is 0 Å². The van der Waals surface area contributed by atoms with Crippen LogP contribution in [0.2, 0.25) is 0 Å². The van der Waals surface area contributed by atoms with Gasteiger partial charge in [0.1, 0.15) is 5.75 Å². The van der Waals surface area contributed by atoms with E-state index in [1.807, 2.05) is 34.1 Å². The van der Waals surface area contributed by atoms with Crippen molar-refractivity contribution in [1.29, 1.82) is 0 Å². The molecule has 1 aromatic rings. The highest BCUT2D eigenvalue weighted by Gasteiger charge is 2.50. The highest BCUT2D eigenvalue weighted by molar-refractivity contribution is 5.81. The predicted molar refractivity (Wildman–Crippen MR) is 107 cm³/mol. The minimum Gasteiger partial charge on any atom is -0.497 e. The summed E-state index contributed by atoms with van der Waals surface area (Å²) in [5.41, 5.74) is 7.47. The Morgan fingerprint density at radius 1 is 1.04 bits per heavy atom. The van der Waals surface area contributed by atoms with Crippen LogP contribution in [0.4, 0.5) is 0 Å². The van der Waals surface area contributed by atoms with Crippen LogP contribution in [0.15, 0.2) is 24.3 Å². The van der Waals surface area contributed by atoms with Crippen LogP contribution in [0.5, 0.6) is 5.75 Å². The standard InChI is InChI=1S/C22H31N3O3/c1-28-18-7-2-15(3-8-18)4-9-19(26)24-10-12-25(13-11-24)22(27)20-16-5-6-17(14-16)21(20)23/h2-3,7-8,16-17,20-21H,4-6,9-14,23H2,1H3. The van der Waals surface area contributed by atoms with Crippen molar-refractivity contribution >= 4 is 11.8 Å². The molecule has 1 aromatic carbocycles. The van der Waals surface area contributed by atoms with E-state index in [9.17, 15) is 9.59 Å². The molecule has 2 aliphatic carbocycles. The highest BCUT2D eigenvalue weighted by Crippen LogP contribution is 2.48. The fraction of sp³-hybridized carbons (Fsp3) is 0.636. The number of hydrogen-bond donors (Lipinski definition) is 1. The number of piperazine rings is 1. The summed E-state index contributed by atoms with van der Waals surface area (Å²) in [4.78, 5) is 29.4. The number of amides is 2. The number of rotatable bonds is 5. The average Bonchev–Trinajstić information content (AvgIpc) is 3.33. The maximum absolute atomic E-state index is 13.0. The molecule has 2 saturated carbocycles. The lowest BCUT2D eigenvalue weighted by molar-refractivity contribution is -0.143. The molecule has 4 atom stereocenters. The highest BCUT2D eigenvalue weighted by atomic mass is 16.5. The minimum atomic E-state index is 0.0103. The molecule has 152 valence electrons.